The zero-order valence-corrected chi connectivity index (χ0v) is 12.2. The summed E-state index contributed by atoms with van der Waals surface area (Å²) in [6.07, 6.45) is 2.81. The highest BCUT2D eigenvalue weighted by atomic mass is 32.2. The van der Waals surface area contributed by atoms with E-state index in [1.54, 1.807) is 18.7 Å². The highest BCUT2D eigenvalue weighted by molar-refractivity contribution is 7.98. The van der Waals surface area contributed by atoms with Crippen molar-refractivity contribution in [1.29, 1.82) is 0 Å². The van der Waals surface area contributed by atoms with Crippen LogP contribution in [0.4, 0.5) is 0 Å². The first-order valence-electron chi connectivity index (χ1n) is 5.68. The number of hydrogen-bond acceptors (Lipinski definition) is 4. The molecule has 16 heavy (non-hydrogen) atoms. The van der Waals surface area contributed by atoms with Crippen LogP contribution < -0.4 is 10.0 Å². The van der Waals surface area contributed by atoms with Crippen LogP contribution >= 0.6 is 11.8 Å². The summed E-state index contributed by atoms with van der Waals surface area (Å²) >= 11 is 1.66. The van der Waals surface area contributed by atoms with Crippen LogP contribution in [0.5, 0.6) is 0 Å². The van der Waals surface area contributed by atoms with Crippen molar-refractivity contribution >= 4 is 21.8 Å². The van der Waals surface area contributed by atoms with Gasteiger partial charge < -0.3 is 5.32 Å². The molecule has 0 heterocycles. The second-order valence-electron chi connectivity index (χ2n) is 3.84. The number of rotatable bonds is 9. The molecule has 0 aromatic rings. The van der Waals surface area contributed by atoms with Gasteiger partial charge in [-0.05, 0) is 26.1 Å². The van der Waals surface area contributed by atoms with Crippen LogP contribution in [0.25, 0.3) is 0 Å². The molecule has 2 atom stereocenters. The molecule has 0 amide bonds. The van der Waals surface area contributed by atoms with Crippen LogP contribution in [0.1, 0.15) is 27.2 Å². The minimum absolute atomic E-state index is 0.0454. The lowest BCUT2D eigenvalue weighted by molar-refractivity contribution is 0.540. The Morgan fingerprint density at radius 2 is 1.94 bits per heavy atom. The van der Waals surface area contributed by atoms with Crippen LogP contribution in [-0.2, 0) is 10.0 Å². The van der Waals surface area contributed by atoms with Gasteiger partial charge in [0.05, 0.1) is 5.25 Å². The van der Waals surface area contributed by atoms with E-state index in [0.717, 1.165) is 18.7 Å². The topological polar surface area (TPSA) is 58.2 Å². The molecule has 2 N–H and O–H groups in total. The summed E-state index contributed by atoms with van der Waals surface area (Å²) in [5.74, 6) is 0.823. The van der Waals surface area contributed by atoms with Gasteiger partial charge in [-0.15, -0.1) is 0 Å². The van der Waals surface area contributed by atoms with E-state index in [1.165, 1.54) is 0 Å². The van der Waals surface area contributed by atoms with Crippen LogP contribution in [0.3, 0.4) is 0 Å². The second-order valence-corrected chi connectivity index (χ2v) is 6.88. The largest absolute Gasteiger partial charge is 0.316 e. The summed E-state index contributed by atoms with van der Waals surface area (Å²) in [6, 6.07) is 0.0454. The minimum atomic E-state index is -3.19. The van der Waals surface area contributed by atoms with Crippen LogP contribution in [0.2, 0.25) is 0 Å². The molecule has 6 heteroatoms. The number of nitrogens with one attached hydrogen (secondary N) is 2. The van der Waals surface area contributed by atoms with Gasteiger partial charge in [-0.3, -0.25) is 0 Å². The van der Waals surface area contributed by atoms with E-state index >= 15 is 0 Å². The molecule has 98 valence electrons. The van der Waals surface area contributed by atoms with Crippen molar-refractivity contribution in [2.75, 3.05) is 25.1 Å². The molecule has 0 rings (SSSR count). The number of sulfonamides is 1. The average molecular weight is 268 g/mol. The van der Waals surface area contributed by atoms with Crippen molar-refractivity contribution in [3.63, 3.8) is 0 Å². The lowest BCUT2D eigenvalue weighted by Crippen LogP contribution is -2.44. The summed E-state index contributed by atoms with van der Waals surface area (Å²) in [7, 11) is -3.19. The van der Waals surface area contributed by atoms with Gasteiger partial charge in [0.15, 0.2) is 0 Å². The molecule has 4 nitrogen and oxygen atoms in total. The molecule has 0 bridgehead atoms. The Hall–Kier alpha value is 0.220. The van der Waals surface area contributed by atoms with Gasteiger partial charge in [-0.2, -0.15) is 11.8 Å². The van der Waals surface area contributed by atoms with Crippen molar-refractivity contribution < 1.29 is 8.42 Å². The maximum Gasteiger partial charge on any atom is 0.215 e. The van der Waals surface area contributed by atoms with Crippen LogP contribution in [0.15, 0.2) is 0 Å². The Morgan fingerprint density at radius 1 is 1.31 bits per heavy atom. The number of hydrogen-bond donors (Lipinski definition) is 2. The fraction of sp³-hybridized carbons (Fsp3) is 1.00. The standard InChI is InChI=1S/C10H24N2O2S2/c1-5-10(8-15-4)12-16(13,14)9(3)7-11-6-2/h9-12H,5-8H2,1-4H3. The van der Waals surface area contributed by atoms with E-state index in [2.05, 4.69) is 10.0 Å². The summed E-state index contributed by atoms with van der Waals surface area (Å²) < 4.78 is 26.6. The predicted molar refractivity (Wildman–Crippen MR) is 72.5 cm³/mol. The van der Waals surface area contributed by atoms with E-state index < -0.39 is 10.0 Å². The van der Waals surface area contributed by atoms with Gasteiger partial charge in [0.1, 0.15) is 0 Å². The monoisotopic (exact) mass is 268 g/mol. The van der Waals surface area contributed by atoms with Gasteiger partial charge in [-0.25, -0.2) is 13.1 Å². The Balaban J connectivity index is 4.30. The third-order valence-electron chi connectivity index (χ3n) is 2.40. The fourth-order valence-corrected chi connectivity index (χ4v) is 3.35. The first-order chi connectivity index (χ1) is 7.47. The average Bonchev–Trinajstić information content (AvgIpc) is 2.24. The summed E-state index contributed by atoms with van der Waals surface area (Å²) in [5, 5.41) is 2.67. The quantitative estimate of drug-likeness (QED) is 0.656. The molecule has 0 saturated heterocycles. The van der Waals surface area contributed by atoms with Crippen LogP contribution in [-0.4, -0.2) is 44.8 Å². The molecule has 0 radical (unpaired) electrons. The zero-order chi connectivity index (χ0) is 12.6. The van der Waals surface area contributed by atoms with E-state index in [1.807, 2.05) is 20.1 Å². The summed E-state index contributed by atoms with van der Waals surface area (Å²) in [5.41, 5.74) is 0. The zero-order valence-electron chi connectivity index (χ0n) is 10.6. The third kappa shape index (κ3) is 6.08. The molecule has 0 aromatic carbocycles. The minimum Gasteiger partial charge on any atom is -0.316 e. The highest BCUT2D eigenvalue weighted by Crippen LogP contribution is 2.05. The molecule has 0 spiro atoms. The van der Waals surface area contributed by atoms with Crippen LogP contribution in [0, 0.1) is 0 Å². The third-order valence-corrected chi connectivity index (χ3v) is 5.03. The Bertz CT molecular complexity index is 268. The molecule has 2 unspecified atom stereocenters. The second kappa shape index (κ2) is 8.33. The van der Waals surface area contributed by atoms with Crippen molar-refractivity contribution in [1.82, 2.24) is 10.0 Å². The fourth-order valence-electron chi connectivity index (χ4n) is 1.24. The molecule has 0 aliphatic carbocycles. The molecule has 0 aromatic heterocycles. The maximum atomic E-state index is 11.9. The Morgan fingerprint density at radius 3 is 2.38 bits per heavy atom. The molecule has 0 fully saturated rings. The molecule has 0 saturated carbocycles. The van der Waals surface area contributed by atoms with E-state index in [4.69, 9.17) is 0 Å². The molecular weight excluding hydrogens is 244 g/mol. The van der Waals surface area contributed by atoms with Crippen molar-refractivity contribution in [2.45, 2.75) is 38.5 Å². The molecule has 0 aliphatic heterocycles. The summed E-state index contributed by atoms with van der Waals surface area (Å²) in [4.78, 5) is 0. The van der Waals surface area contributed by atoms with E-state index in [0.29, 0.717) is 6.54 Å². The van der Waals surface area contributed by atoms with Crippen molar-refractivity contribution in [3.05, 3.63) is 0 Å². The van der Waals surface area contributed by atoms with E-state index in [-0.39, 0.29) is 11.3 Å². The van der Waals surface area contributed by atoms with Gasteiger partial charge >= 0.3 is 0 Å². The lowest BCUT2D eigenvalue weighted by atomic mass is 10.3. The summed E-state index contributed by atoms with van der Waals surface area (Å²) in [6.45, 7) is 6.99. The molecular formula is C10H24N2O2S2. The van der Waals surface area contributed by atoms with Crippen molar-refractivity contribution in [3.8, 4) is 0 Å². The normalized spacial score (nSPS) is 16.0. The lowest BCUT2D eigenvalue weighted by Gasteiger charge is -2.20. The van der Waals surface area contributed by atoms with Gasteiger partial charge in [0.2, 0.25) is 10.0 Å². The SMILES string of the molecule is CCNCC(C)S(=O)(=O)NC(CC)CSC. The number of thioether (sulfide) groups is 1. The van der Waals surface area contributed by atoms with E-state index in [9.17, 15) is 8.42 Å². The van der Waals surface area contributed by atoms with Gasteiger partial charge in [-0.1, -0.05) is 13.8 Å². The Kier molecular flexibility index (Phi) is 8.45. The maximum absolute atomic E-state index is 11.9. The Labute approximate surface area is 104 Å². The predicted octanol–water partition coefficient (Wildman–Crippen LogP) is 1.05. The molecule has 0 aliphatic rings. The first kappa shape index (κ1) is 16.2. The van der Waals surface area contributed by atoms with Gasteiger partial charge in [0, 0.05) is 18.3 Å². The van der Waals surface area contributed by atoms with Gasteiger partial charge in [0.25, 0.3) is 0 Å². The first-order valence-corrected chi connectivity index (χ1v) is 8.62. The smallest absolute Gasteiger partial charge is 0.215 e. The highest BCUT2D eigenvalue weighted by Gasteiger charge is 2.22. The van der Waals surface area contributed by atoms with Crippen molar-refractivity contribution in [2.24, 2.45) is 0 Å².